The summed E-state index contributed by atoms with van der Waals surface area (Å²) in [6.07, 6.45) is -2.97. The topological polar surface area (TPSA) is 70.2 Å². The largest absolute Gasteiger partial charge is 0.416 e. The predicted molar refractivity (Wildman–Crippen MR) is 102 cm³/mol. The van der Waals surface area contributed by atoms with E-state index in [0.29, 0.717) is 22.2 Å². The van der Waals surface area contributed by atoms with Gasteiger partial charge in [0.25, 0.3) is 5.91 Å². The van der Waals surface area contributed by atoms with E-state index in [1.165, 1.54) is 12.1 Å². The van der Waals surface area contributed by atoms with Crippen molar-refractivity contribution in [3.8, 4) is 6.07 Å². The minimum absolute atomic E-state index is 0.0123. The van der Waals surface area contributed by atoms with Crippen LogP contribution in [-0.4, -0.2) is 15.3 Å². The molecule has 29 heavy (non-hydrogen) atoms. The molecule has 0 aliphatic carbocycles. The second-order valence-electron chi connectivity index (χ2n) is 6.48. The summed E-state index contributed by atoms with van der Waals surface area (Å²) in [7, 11) is 0. The number of amides is 1. The first-order chi connectivity index (χ1) is 13.8. The van der Waals surface area contributed by atoms with Crippen molar-refractivity contribution < 1.29 is 18.0 Å². The highest BCUT2D eigenvalue weighted by molar-refractivity contribution is 6.06. The maximum Gasteiger partial charge on any atom is 0.416 e. The number of nitriles is 1. The predicted octanol–water partition coefficient (Wildman–Crippen LogP) is 4.94. The number of anilines is 1. The molecular formula is C21H13F3N4O. The Labute approximate surface area is 163 Å². The molecule has 144 valence electrons. The Morgan fingerprint density at radius 2 is 1.93 bits per heavy atom. The van der Waals surface area contributed by atoms with Crippen LogP contribution in [0.4, 0.5) is 18.9 Å². The van der Waals surface area contributed by atoms with Gasteiger partial charge in [-0.25, -0.2) is 4.98 Å². The number of hydrogen-bond donors (Lipinski definition) is 1. The number of alkyl halides is 3. The lowest BCUT2D eigenvalue weighted by Gasteiger charge is -2.12. The van der Waals surface area contributed by atoms with Crippen LogP contribution in [0, 0.1) is 18.3 Å². The Bertz CT molecular complexity index is 1320. The first-order valence-electron chi connectivity index (χ1n) is 8.58. The minimum atomic E-state index is -4.51. The van der Waals surface area contributed by atoms with E-state index in [-0.39, 0.29) is 16.8 Å². The molecule has 0 fully saturated rings. The van der Waals surface area contributed by atoms with E-state index in [9.17, 15) is 23.2 Å². The molecule has 1 N–H and O–H groups in total. The maximum atomic E-state index is 12.9. The molecule has 0 unspecified atom stereocenters. The third kappa shape index (κ3) is 3.17. The fraction of sp³-hybridized carbons (Fsp3) is 0.0952. The van der Waals surface area contributed by atoms with Gasteiger partial charge in [-0.05, 0) is 42.8 Å². The second kappa shape index (κ2) is 6.63. The molecule has 0 aliphatic rings. The van der Waals surface area contributed by atoms with Gasteiger partial charge in [-0.3, -0.25) is 9.20 Å². The number of imidazole rings is 1. The smallest absolute Gasteiger partial charge is 0.322 e. The molecule has 0 spiro atoms. The summed E-state index contributed by atoms with van der Waals surface area (Å²) in [5.41, 5.74) is 1.76. The monoisotopic (exact) mass is 394 g/mol. The first-order valence-corrected chi connectivity index (χ1v) is 8.58. The number of nitrogens with zero attached hydrogens (tertiary/aromatic N) is 3. The van der Waals surface area contributed by atoms with Crippen molar-refractivity contribution in [2.45, 2.75) is 13.1 Å². The van der Waals surface area contributed by atoms with E-state index in [1.54, 1.807) is 29.7 Å². The van der Waals surface area contributed by atoms with Gasteiger partial charge in [0.05, 0.1) is 27.7 Å². The van der Waals surface area contributed by atoms with Crippen LogP contribution in [0.15, 0.2) is 54.7 Å². The van der Waals surface area contributed by atoms with Crippen LogP contribution in [0.3, 0.4) is 0 Å². The van der Waals surface area contributed by atoms with Gasteiger partial charge in [-0.2, -0.15) is 18.4 Å². The Kier molecular flexibility index (Phi) is 4.23. The summed E-state index contributed by atoms with van der Waals surface area (Å²) in [6, 6.07) is 13.7. The van der Waals surface area contributed by atoms with E-state index in [1.807, 2.05) is 12.1 Å². The van der Waals surface area contributed by atoms with Crippen LogP contribution in [0.2, 0.25) is 0 Å². The molecule has 0 radical (unpaired) electrons. The fourth-order valence-electron chi connectivity index (χ4n) is 3.21. The number of para-hydroxylation sites is 2. The third-order valence-corrected chi connectivity index (χ3v) is 4.66. The summed E-state index contributed by atoms with van der Waals surface area (Å²) in [5, 5.41) is 12.1. The zero-order valence-electron chi connectivity index (χ0n) is 15.1. The molecule has 8 heteroatoms. The van der Waals surface area contributed by atoms with Crippen LogP contribution in [0.5, 0.6) is 0 Å². The normalized spacial score (nSPS) is 11.6. The number of carbonyl (C=O) groups is 1. The first kappa shape index (κ1) is 18.5. The van der Waals surface area contributed by atoms with Gasteiger partial charge in [-0.1, -0.05) is 18.2 Å². The summed E-state index contributed by atoms with van der Waals surface area (Å²) in [4.78, 5) is 17.3. The summed E-state index contributed by atoms with van der Waals surface area (Å²) < 4.78 is 40.4. The molecule has 4 rings (SSSR count). The fourth-order valence-corrected chi connectivity index (χ4v) is 3.21. The second-order valence-corrected chi connectivity index (χ2v) is 6.48. The van der Waals surface area contributed by atoms with Crippen LogP contribution in [-0.2, 0) is 6.18 Å². The zero-order valence-corrected chi connectivity index (χ0v) is 15.1. The number of fused-ring (bicyclic) bond motifs is 3. The molecule has 0 saturated heterocycles. The van der Waals surface area contributed by atoms with Crippen LogP contribution < -0.4 is 5.32 Å². The Morgan fingerprint density at radius 1 is 1.17 bits per heavy atom. The molecule has 0 bridgehead atoms. The molecule has 2 aromatic heterocycles. The average molecular weight is 394 g/mol. The molecule has 0 atom stereocenters. The molecule has 0 aliphatic heterocycles. The number of pyridine rings is 1. The minimum Gasteiger partial charge on any atom is -0.322 e. The number of hydrogen-bond acceptors (Lipinski definition) is 3. The summed E-state index contributed by atoms with van der Waals surface area (Å²) in [6.45, 7) is 1.61. The summed E-state index contributed by atoms with van der Waals surface area (Å²) in [5.74, 6) is -0.613. The van der Waals surface area contributed by atoms with Crippen LogP contribution >= 0.6 is 0 Å². The highest BCUT2D eigenvalue weighted by Gasteiger charge is 2.30. The number of carbonyl (C=O) groups excluding carboxylic acids is 1. The van der Waals surface area contributed by atoms with Gasteiger partial charge in [-0.15, -0.1) is 0 Å². The Hall–Kier alpha value is -3.86. The van der Waals surface area contributed by atoms with Crippen molar-refractivity contribution in [1.29, 1.82) is 5.26 Å². The molecule has 1 amide bonds. The van der Waals surface area contributed by atoms with Crippen molar-refractivity contribution in [2.24, 2.45) is 0 Å². The van der Waals surface area contributed by atoms with Crippen molar-refractivity contribution in [1.82, 2.24) is 9.38 Å². The molecule has 5 nitrogen and oxygen atoms in total. The number of rotatable bonds is 2. The van der Waals surface area contributed by atoms with E-state index < -0.39 is 17.6 Å². The third-order valence-electron chi connectivity index (χ3n) is 4.66. The van der Waals surface area contributed by atoms with Gasteiger partial charge in [0, 0.05) is 11.9 Å². The van der Waals surface area contributed by atoms with Gasteiger partial charge in [0.15, 0.2) is 5.65 Å². The van der Waals surface area contributed by atoms with Gasteiger partial charge < -0.3 is 5.32 Å². The number of aromatic nitrogens is 2. The molecule has 4 aromatic rings. The maximum absolute atomic E-state index is 12.9. The van der Waals surface area contributed by atoms with Crippen molar-refractivity contribution in [3.63, 3.8) is 0 Å². The lowest BCUT2D eigenvalue weighted by Crippen LogP contribution is -2.16. The zero-order chi connectivity index (χ0) is 20.8. The Balaban J connectivity index is 1.81. The summed E-state index contributed by atoms with van der Waals surface area (Å²) >= 11 is 0. The van der Waals surface area contributed by atoms with Crippen molar-refractivity contribution >= 4 is 28.3 Å². The van der Waals surface area contributed by atoms with E-state index in [0.717, 1.165) is 12.1 Å². The van der Waals surface area contributed by atoms with Crippen molar-refractivity contribution in [2.75, 3.05) is 5.32 Å². The molecule has 2 aromatic carbocycles. The highest BCUT2D eigenvalue weighted by atomic mass is 19.4. The van der Waals surface area contributed by atoms with E-state index in [4.69, 9.17) is 0 Å². The van der Waals surface area contributed by atoms with Crippen LogP contribution in [0.1, 0.15) is 27.0 Å². The lowest BCUT2D eigenvalue weighted by molar-refractivity contribution is -0.137. The lowest BCUT2D eigenvalue weighted by atomic mass is 10.1. The number of benzene rings is 2. The standard InChI is InChI=1S/C21H13F3N4O/c1-12-15(10-25)19-27-17-7-2-3-8-18(17)28(19)11-16(12)20(29)26-14-6-4-5-13(9-14)21(22,23)24/h2-9,11H,1H3,(H,26,29). The quantitative estimate of drug-likeness (QED) is 0.524. The SMILES string of the molecule is Cc1c(C(=O)Nc2cccc(C(F)(F)F)c2)cn2c(nc3ccccc32)c1C#N. The number of halogens is 3. The van der Waals surface area contributed by atoms with Crippen LogP contribution in [0.25, 0.3) is 16.7 Å². The highest BCUT2D eigenvalue weighted by Crippen LogP contribution is 2.31. The molecule has 2 heterocycles. The van der Waals surface area contributed by atoms with E-state index >= 15 is 0 Å². The van der Waals surface area contributed by atoms with Gasteiger partial charge in [0.2, 0.25) is 0 Å². The van der Waals surface area contributed by atoms with E-state index in [2.05, 4.69) is 16.4 Å². The van der Waals surface area contributed by atoms with Crippen molar-refractivity contribution in [3.05, 3.63) is 77.0 Å². The Morgan fingerprint density at radius 3 is 2.66 bits per heavy atom. The molecular weight excluding hydrogens is 381 g/mol. The van der Waals surface area contributed by atoms with Gasteiger partial charge >= 0.3 is 6.18 Å². The molecule has 0 saturated carbocycles. The average Bonchev–Trinajstić information content (AvgIpc) is 3.05. The van der Waals surface area contributed by atoms with Gasteiger partial charge in [0.1, 0.15) is 6.07 Å². The number of nitrogens with one attached hydrogen (secondary N) is 1.